The Morgan fingerprint density at radius 3 is 2.47 bits per heavy atom. The lowest BCUT2D eigenvalue weighted by molar-refractivity contribution is -0.0396. The van der Waals surface area contributed by atoms with E-state index >= 15 is 0 Å². The number of thiophene rings is 1. The molecule has 0 bridgehead atoms. The zero-order chi connectivity index (χ0) is 23.9. The summed E-state index contributed by atoms with van der Waals surface area (Å²) in [6.45, 7) is 14.6. The monoisotopic (exact) mass is 501 g/mol. The fourth-order valence-corrected chi connectivity index (χ4v) is 6.55. The van der Waals surface area contributed by atoms with Crippen molar-refractivity contribution < 1.29 is 9.47 Å². The van der Waals surface area contributed by atoms with Crippen molar-refractivity contribution in [3.05, 3.63) is 11.1 Å². The van der Waals surface area contributed by atoms with E-state index < -0.39 is 0 Å². The second-order valence-electron chi connectivity index (χ2n) is 9.70. The molecule has 0 saturated carbocycles. The number of anilines is 2. The Morgan fingerprint density at radius 1 is 1.06 bits per heavy atom. The molecule has 1 saturated heterocycles. The van der Waals surface area contributed by atoms with Crippen LogP contribution in [0.1, 0.15) is 51.7 Å². The topological polar surface area (TPSA) is 63.6 Å². The van der Waals surface area contributed by atoms with Crippen molar-refractivity contribution in [2.45, 2.75) is 64.3 Å². The Morgan fingerprint density at radius 2 is 1.79 bits per heavy atom. The van der Waals surface area contributed by atoms with Crippen LogP contribution in [0, 0.1) is 0 Å². The Bertz CT molecular complexity index is 1180. The third-order valence-electron chi connectivity index (χ3n) is 6.61. The number of rotatable bonds is 7. The standard InChI is InChI=1S/C25H35N5O2S2/c1-6-8-29(9-7-2)22-20-19(26-24(28-22)33-5)18-16-14-25(3,4)32-15-17(16)21(27-23(18)34-20)30-10-12-31-13-11-30/h6-15H2,1-5H3. The summed E-state index contributed by atoms with van der Waals surface area (Å²) in [7, 11) is 0. The summed E-state index contributed by atoms with van der Waals surface area (Å²) < 4.78 is 13.1. The van der Waals surface area contributed by atoms with Gasteiger partial charge in [0, 0.05) is 43.5 Å². The smallest absolute Gasteiger partial charge is 0.189 e. The molecule has 184 valence electrons. The minimum Gasteiger partial charge on any atom is -0.378 e. The van der Waals surface area contributed by atoms with E-state index in [4.69, 9.17) is 24.4 Å². The molecular weight excluding hydrogens is 466 g/mol. The maximum atomic E-state index is 6.29. The molecule has 2 aliphatic heterocycles. The molecule has 3 aromatic rings. The quantitative estimate of drug-likeness (QED) is 0.320. The van der Waals surface area contributed by atoms with Gasteiger partial charge in [0.05, 0.1) is 35.6 Å². The van der Waals surface area contributed by atoms with E-state index in [1.54, 1.807) is 23.1 Å². The lowest BCUT2D eigenvalue weighted by atomic mass is 9.90. The molecule has 0 aromatic carbocycles. The van der Waals surface area contributed by atoms with E-state index in [1.807, 2.05) is 0 Å². The average Bonchev–Trinajstić information content (AvgIpc) is 3.21. The number of thioether (sulfide) groups is 1. The van der Waals surface area contributed by atoms with Gasteiger partial charge in [-0.1, -0.05) is 25.6 Å². The number of fused-ring (bicyclic) bond motifs is 5. The Hall–Kier alpha value is -1.68. The normalized spacial score (nSPS) is 18.0. The number of nitrogens with zero attached hydrogens (tertiary/aromatic N) is 5. The first-order valence-electron chi connectivity index (χ1n) is 12.4. The van der Waals surface area contributed by atoms with Crippen LogP contribution in [0.15, 0.2) is 5.16 Å². The van der Waals surface area contributed by atoms with Gasteiger partial charge in [0.2, 0.25) is 0 Å². The van der Waals surface area contributed by atoms with E-state index in [-0.39, 0.29) is 5.60 Å². The Labute approximate surface area is 210 Å². The summed E-state index contributed by atoms with van der Waals surface area (Å²) in [5.74, 6) is 2.13. The predicted molar refractivity (Wildman–Crippen MR) is 143 cm³/mol. The summed E-state index contributed by atoms with van der Waals surface area (Å²) in [4.78, 5) is 21.2. The van der Waals surface area contributed by atoms with Gasteiger partial charge in [-0.25, -0.2) is 15.0 Å². The predicted octanol–water partition coefficient (Wildman–Crippen LogP) is 5.28. The van der Waals surface area contributed by atoms with Crippen LogP contribution in [0.25, 0.3) is 20.4 Å². The lowest BCUT2D eigenvalue weighted by Gasteiger charge is -2.36. The largest absolute Gasteiger partial charge is 0.378 e. The van der Waals surface area contributed by atoms with Gasteiger partial charge in [-0.05, 0) is 38.5 Å². The minimum absolute atomic E-state index is 0.216. The fraction of sp³-hybridized carbons (Fsp3) is 0.640. The van der Waals surface area contributed by atoms with E-state index in [1.165, 1.54) is 16.5 Å². The number of ether oxygens (including phenoxy) is 2. The third kappa shape index (κ3) is 4.36. The summed E-state index contributed by atoms with van der Waals surface area (Å²) in [5, 5.41) is 2.03. The number of morpholine rings is 1. The van der Waals surface area contributed by atoms with E-state index in [0.717, 1.165) is 90.5 Å². The second-order valence-corrected chi connectivity index (χ2v) is 11.5. The highest BCUT2D eigenvalue weighted by Gasteiger charge is 2.34. The van der Waals surface area contributed by atoms with Gasteiger partial charge in [0.25, 0.3) is 0 Å². The first kappa shape index (κ1) is 24.0. The van der Waals surface area contributed by atoms with Crippen LogP contribution < -0.4 is 9.80 Å². The van der Waals surface area contributed by atoms with Crippen LogP contribution in [-0.2, 0) is 22.5 Å². The molecular formula is C25H35N5O2S2. The van der Waals surface area contributed by atoms with Crippen LogP contribution in [0.5, 0.6) is 0 Å². The van der Waals surface area contributed by atoms with Gasteiger partial charge in [0.1, 0.15) is 10.6 Å². The minimum atomic E-state index is -0.216. The molecule has 34 heavy (non-hydrogen) atoms. The van der Waals surface area contributed by atoms with Crippen molar-refractivity contribution in [3.8, 4) is 0 Å². The van der Waals surface area contributed by atoms with Gasteiger partial charge in [-0.15, -0.1) is 11.3 Å². The number of pyridine rings is 1. The summed E-state index contributed by atoms with van der Waals surface area (Å²) in [6, 6.07) is 0. The molecule has 1 fully saturated rings. The highest BCUT2D eigenvalue weighted by Crippen LogP contribution is 2.45. The molecule has 7 nitrogen and oxygen atoms in total. The molecule has 0 amide bonds. The first-order valence-corrected chi connectivity index (χ1v) is 14.4. The van der Waals surface area contributed by atoms with Gasteiger partial charge in [-0.3, -0.25) is 0 Å². The van der Waals surface area contributed by atoms with Crippen LogP contribution >= 0.6 is 23.1 Å². The van der Waals surface area contributed by atoms with Crippen molar-refractivity contribution in [1.29, 1.82) is 0 Å². The van der Waals surface area contributed by atoms with Gasteiger partial charge >= 0.3 is 0 Å². The number of aromatic nitrogens is 3. The summed E-state index contributed by atoms with van der Waals surface area (Å²) >= 11 is 3.37. The van der Waals surface area contributed by atoms with Gasteiger partial charge in [0.15, 0.2) is 11.0 Å². The number of hydrogen-bond acceptors (Lipinski definition) is 9. The molecule has 0 radical (unpaired) electrons. The van der Waals surface area contributed by atoms with Crippen molar-refractivity contribution in [3.63, 3.8) is 0 Å². The van der Waals surface area contributed by atoms with Crippen LogP contribution in [0.4, 0.5) is 11.6 Å². The van der Waals surface area contributed by atoms with Crippen molar-refractivity contribution >= 4 is 55.2 Å². The SMILES string of the molecule is CCCN(CCC)c1nc(SC)nc2c1sc1nc(N3CCOCC3)c3c(c12)CC(C)(C)OC3. The molecule has 9 heteroatoms. The van der Waals surface area contributed by atoms with E-state index in [2.05, 4.69) is 43.8 Å². The summed E-state index contributed by atoms with van der Waals surface area (Å²) in [6.07, 6.45) is 5.09. The maximum Gasteiger partial charge on any atom is 0.189 e. The molecule has 2 aliphatic rings. The highest BCUT2D eigenvalue weighted by molar-refractivity contribution is 7.98. The van der Waals surface area contributed by atoms with Gasteiger partial charge < -0.3 is 19.3 Å². The van der Waals surface area contributed by atoms with Crippen molar-refractivity contribution in [2.75, 3.05) is 55.4 Å². The first-order chi connectivity index (χ1) is 16.5. The molecule has 5 rings (SSSR count). The zero-order valence-corrected chi connectivity index (χ0v) is 22.6. The van der Waals surface area contributed by atoms with Crippen LogP contribution in [0.3, 0.4) is 0 Å². The lowest BCUT2D eigenvalue weighted by Crippen LogP contribution is -2.39. The average molecular weight is 502 g/mol. The number of hydrogen-bond donors (Lipinski definition) is 0. The third-order valence-corrected chi connectivity index (χ3v) is 8.23. The molecule has 0 N–H and O–H groups in total. The maximum absolute atomic E-state index is 6.29. The van der Waals surface area contributed by atoms with Crippen molar-refractivity contribution in [1.82, 2.24) is 15.0 Å². The highest BCUT2D eigenvalue weighted by atomic mass is 32.2. The molecule has 0 unspecified atom stereocenters. The van der Waals surface area contributed by atoms with Crippen LogP contribution in [-0.4, -0.2) is 66.2 Å². The van der Waals surface area contributed by atoms with Crippen molar-refractivity contribution in [2.24, 2.45) is 0 Å². The zero-order valence-electron chi connectivity index (χ0n) is 20.9. The Kier molecular flexibility index (Phi) is 6.90. The molecule has 5 heterocycles. The Balaban J connectivity index is 1.79. The van der Waals surface area contributed by atoms with E-state index in [0.29, 0.717) is 6.61 Å². The molecule has 3 aromatic heterocycles. The fourth-order valence-electron chi connectivity index (χ4n) is 5.03. The molecule has 0 spiro atoms. The molecule has 0 aliphatic carbocycles. The summed E-state index contributed by atoms with van der Waals surface area (Å²) in [5.41, 5.74) is 3.41. The van der Waals surface area contributed by atoms with Crippen LogP contribution in [0.2, 0.25) is 0 Å². The van der Waals surface area contributed by atoms with E-state index in [9.17, 15) is 0 Å². The second kappa shape index (κ2) is 9.76. The molecule has 0 atom stereocenters. The van der Waals surface area contributed by atoms with Gasteiger partial charge in [-0.2, -0.15) is 0 Å².